The zero-order valence-corrected chi connectivity index (χ0v) is 20.6. The van der Waals surface area contributed by atoms with Gasteiger partial charge in [-0.25, -0.2) is 0 Å². The highest BCUT2D eigenvalue weighted by atomic mass is 32.2. The number of benzene rings is 2. The van der Waals surface area contributed by atoms with Crippen molar-refractivity contribution in [3.8, 4) is 0 Å². The molecule has 12 heteroatoms. The number of esters is 2. The van der Waals surface area contributed by atoms with Gasteiger partial charge in [-0.2, -0.15) is 8.42 Å². The zero-order chi connectivity index (χ0) is 26.5. The molecule has 2 aromatic rings. The molecule has 1 heterocycles. The van der Waals surface area contributed by atoms with E-state index in [9.17, 15) is 27.9 Å². The molecule has 0 aromatic heterocycles. The molecule has 3 unspecified atom stereocenters. The fourth-order valence-corrected chi connectivity index (χ4v) is 4.56. The van der Waals surface area contributed by atoms with Crippen LogP contribution in [0.4, 0.5) is 0 Å². The van der Waals surface area contributed by atoms with Crippen molar-refractivity contribution < 1.29 is 46.3 Å². The third-order valence-corrected chi connectivity index (χ3v) is 6.60. The van der Waals surface area contributed by atoms with E-state index in [-0.39, 0.29) is 10.5 Å². The zero-order valence-electron chi connectivity index (χ0n) is 19.8. The predicted octanol–water partition coefficient (Wildman–Crippen LogP) is 1.08. The molecule has 5 atom stereocenters. The summed E-state index contributed by atoms with van der Waals surface area (Å²) >= 11 is 0. The summed E-state index contributed by atoms with van der Waals surface area (Å²) in [7, 11) is -4.24. The lowest BCUT2D eigenvalue weighted by molar-refractivity contribution is -0.268. The van der Waals surface area contributed by atoms with E-state index in [2.05, 4.69) is 5.32 Å². The number of carbonyl (C=O) groups is 3. The van der Waals surface area contributed by atoms with Gasteiger partial charge >= 0.3 is 11.9 Å². The summed E-state index contributed by atoms with van der Waals surface area (Å²) in [5.74, 6) is -2.19. The van der Waals surface area contributed by atoms with Crippen LogP contribution in [0.1, 0.15) is 29.8 Å². The second-order valence-corrected chi connectivity index (χ2v) is 9.75. The van der Waals surface area contributed by atoms with E-state index < -0.39 is 65.2 Å². The number of aryl methyl sites for hydroxylation is 1. The molecule has 3 rings (SSSR count). The van der Waals surface area contributed by atoms with Gasteiger partial charge in [0.1, 0.15) is 12.1 Å². The number of aliphatic hydroxyl groups is 1. The molecule has 0 bridgehead atoms. The Morgan fingerprint density at radius 3 is 2.11 bits per heavy atom. The van der Waals surface area contributed by atoms with Crippen molar-refractivity contribution in [2.75, 3.05) is 6.61 Å². The van der Waals surface area contributed by atoms with Crippen LogP contribution in [0.5, 0.6) is 0 Å². The lowest BCUT2D eigenvalue weighted by Crippen LogP contribution is -2.66. The number of nitrogens with one attached hydrogen (secondary N) is 1. The summed E-state index contributed by atoms with van der Waals surface area (Å²) in [5.41, 5.74) is 1.09. The second-order valence-electron chi connectivity index (χ2n) is 8.13. The molecule has 1 saturated heterocycles. The molecule has 0 radical (unpaired) electrons. The summed E-state index contributed by atoms with van der Waals surface area (Å²) in [6.45, 7) is 3.31. The van der Waals surface area contributed by atoms with E-state index in [4.69, 9.17) is 18.4 Å². The van der Waals surface area contributed by atoms with Crippen LogP contribution in [-0.2, 0) is 38.1 Å². The Morgan fingerprint density at radius 2 is 1.53 bits per heavy atom. The van der Waals surface area contributed by atoms with Gasteiger partial charge in [-0.05, 0) is 31.2 Å². The lowest BCUT2D eigenvalue weighted by Gasteiger charge is -2.43. The van der Waals surface area contributed by atoms with Crippen molar-refractivity contribution in [1.29, 1.82) is 0 Å². The average molecular weight is 522 g/mol. The minimum absolute atomic E-state index is 0.111. The third-order valence-electron chi connectivity index (χ3n) is 5.30. The van der Waals surface area contributed by atoms with Crippen molar-refractivity contribution >= 4 is 28.0 Å². The van der Waals surface area contributed by atoms with E-state index in [1.807, 2.05) is 0 Å². The van der Waals surface area contributed by atoms with Gasteiger partial charge in [0, 0.05) is 19.4 Å². The Labute approximate surface area is 208 Å². The molecule has 1 aliphatic heterocycles. The number of ether oxygens (including phenoxy) is 3. The van der Waals surface area contributed by atoms with Gasteiger partial charge in [-0.15, -0.1) is 0 Å². The largest absolute Gasteiger partial charge is 0.457 e. The topological polar surface area (TPSA) is 155 Å². The summed E-state index contributed by atoms with van der Waals surface area (Å²) in [6, 6.07) is 12.7. The van der Waals surface area contributed by atoms with E-state index >= 15 is 0 Å². The smallest absolute Gasteiger partial charge is 0.303 e. The first-order valence-corrected chi connectivity index (χ1v) is 12.4. The van der Waals surface area contributed by atoms with Crippen molar-refractivity contribution in [1.82, 2.24) is 5.32 Å². The number of hydrogen-bond acceptors (Lipinski definition) is 10. The van der Waals surface area contributed by atoms with Crippen LogP contribution in [0.2, 0.25) is 0 Å². The average Bonchev–Trinajstić information content (AvgIpc) is 2.82. The Balaban J connectivity index is 1.89. The molecule has 194 valence electrons. The molecular weight excluding hydrogens is 494 g/mol. The monoisotopic (exact) mass is 521 g/mol. The number of hydrogen-bond donors (Lipinski definition) is 2. The van der Waals surface area contributed by atoms with E-state index in [0.29, 0.717) is 0 Å². The second kappa shape index (κ2) is 11.6. The van der Waals surface area contributed by atoms with Gasteiger partial charge in [0.05, 0.1) is 11.5 Å². The Morgan fingerprint density at radius 1 is 0.944 bits per heavy atom. The number of amides is 1. The predicted molar refractivity (Wildman–Crippen MR) is 124 cm³/mol. The maximum atomic E-state index is 12.9. The van der Waals surface area contributed by atoms with Crippen LogP contribution >= 0.6 is 0 Å². The fraction of sp³-hybridized carbons (Fsp3) is 0.375. The minimum Gasteiger partial charge on any atom is -0.457 e. The molecule has 36 heavy (non-hydrogen) atoms. The molecule has 0 saturated carbocycles. The Kier molecular flexibility index (Phi) is 8.79. The molecule has 1 amide bonds. The van der Waals surface area contributed by atoms with Gasteiger partial charge in [0.2, 0.25) is 0 Å². The van der Waals surface area contributed by atoms with Gasteiger partial charge in [-0.1, -0.05) is 35.9 Å². The van der Waals surface area contributed by atoms with Gasteiger partial charge < -0.3 is 24.6 Å². The first-order chi connectivity index (χ1) is 17.0. The normalized spacial score (nSPS) is 23.9. The highest BCUT2D eigenvalue weighted by Crippen LogP contribution is 2.27. The Hall–Kier alpha value is -3.32. The van der Waals surface area contributed by atoms with E-state index in [1.165, 1.54) is 24.3 Å². The molecule has 0 spiro atoms. The molecule has 1 aliphatic rings. The molecule has 2 N–H and O–H groups in total. The summed E-state index contributed by atoms with van der Waals surface area (Å²) < 4.78 is 46.4. The molecule has 1 fully saturated rings. The summed E-state index contributed by atoms with van der Waals surface area (Å²) in [5, 5.41) is 13.2. The van der Waals surface area contributed by atoms with Gasteiger partial charge in [-0.3, -0.25) is 18.6 Å². The van der Waals surface area contributed by atoms with Crippen molar-refractivity contribution in [3.63, 3.8) is 0 Å². The first kappa shape index (κ1) is 27.3. The maximum Gasteiger partial charge on any atom is 0.303 e. The van der Waals surface area contributed by atoms with Crippen LogP contribution < -0.4 is 5.32 Å². The highest BCUT2D eigenvalue weighted by Gasteiger charge is 2.50. The van der Waals surface area contributed by atoms with E-state index in [0.717, 1.165) is 19.4 Å². The minimum atomic E-state index is -4.24. The maximum absolute atomic E-state index is 12.9. The molecule has 2 aromatic carbocycles. The van der Waals surface area contributed by atoms with Gasteiger partial charge in [0.15, 0.2) is 18.5 Å². The Bertz CT molecular complexity index is 1180. The van der Waals surface area contributed by atoms with Crippen LogP contribution in [0.15, 0.2) is 59.5 Å². The quantitative estimate of drug-likeness (QED) is 0.381. The standard InChI is InChI=1S/C24H27NO10S/c1-14-9-11-18(12-10-14)36(30,31)32-13-19-21(33-15(2)26)20(22(24(29)35-19)34-16(3)27)25-23(28)17-7-5-4-6-8-17/h4-12,19-22,24,29H,13H2,1-3H3,(H,25,28)/t19?,20?,21-,22+,24?/m0/s1. The fourth-order valence-electron chi connectivity index (χ4n) is 3.65. The molecule has 11 nitrogen and oxygen atoms in total. The summed E-state index contributed by atoms with van der Waals surface area (Å²) in [4.78, 5) is 36.4. The van der Waals surface area contributed by atoms with Gasteiger partial charge in [0.25, 0.3) is 16.0 Å². The number of rotatable bonds is 8. The number of aliphatic hydroxyl groups excluding tert-OH is 1. The summed E-state index contributed by atoms with van der Waals surface area (Å²) in [6.07, 6.45) is -5.99. The van der Waals surface area contributed by atoms with Crippen molar-refractivity contribution in [2.24, 2.45) is 0 Å². The highest BCUT2D eigenvalue weighted by molar-refractivity contribution is 7.86. The van der Waals surface area contributed by atoms with E-state index in [1.54, 1.807) is 37.3 Å². The first-order valence-electron chi connectivity index (χ1n) is 11.0. The van der Waals surface area contributed by atoms with Crippen molar-refractivity contribution in [3.05, 3.63) is 65.7 Å². The SMILES string of the molecule is CC(=O)O[C@H]1C(O)OC(COS(=O)(=O)c2ccc(C)cc2)[C@H](OC(C)=O)C1NC(=O)c1ccccc1. The van der Waals surface area contributed by atoms with Crippen molar-refractivity contribution in [2.45, 2.75) is 56.3 Å². The lowest BCUT2D eigenvalue weighted by atomic mass is 9.95. The third kappa shape index (κ3) is 6.88. The molecular formula is C24H27NO10S. The molecule has 0 aliphatic carbocycles. The van der Waals surface area contributed by atoms with Crippen LogP contribution in [-0.4, -0.2) is 68.6 Å². The van der Waals surface area contributed by atoms with Crippen LogP contribution in [0.3, 0.4) is 0 Å². The van der Waals surface area contributed by atoms with Crippen LogP contribution in [0.25, 0.3) is 0 Å². The van der Waals surface area contributed by atoms with Crippen LogP contribution in [0, 0.1) is 6.92 Å². The number of carbonyl (C=O) groups excluding carboxylic acids is 3.